The van der Waals surface area contributed by atoms with E-state index in [1.165, 1.54) is 4.57 Å². The zero-order valence-electron chi connectivity index (χ0n) is 82.2. The third-order valence-electron chi connectivity index (χ3n) is 28.4. The topological polar surface area (TPSA) is 552 Å². The van der Waals surface area contributed by atoms with Crippen LogP contribution in [0.25, 0.3) is 0 Å². The molecule has 1 saturated heterocycles. The van der Waals surface area contributed by atoms with Gasteiger partial charge >= 0.3 is 0 Å². The molecule has 19 rings (SSSR count). The van der Waals surface area contributed by atoms with Crippen LogP contribution in [-0.4, -0.2) is 328 Å². The number of amides is 3. The maximum absolute atomic E-state index is 13.2. The first kappa shape index (κ1) is 98.7. The van der Waals surface area contributed by atoms with Crippen LogP contribution in [0.5, 0.6) is 0 Å². The highest BCUT2D eigenvalue weighted by molar-refractivity contribution is 6.08. The lowest BCUT2D eigenvalue weighted by atomic mass is 9.93. The molecule has 24 unspecified atom stereocenters. The summed E-state index contributed by atoms with van der Waals surface area (Å²) in [7, 11) is 5.82. The summed E-state index contributed by atoms with van der Waals surface area (Å²) in [5.41, 5.74) is 23.1. The summed E-state index contributed by atoms with van der Waals surface area (Å²) >= 11 is 0. The van der Waals surface area contributed by atoms with Gasteiger partial charge in [0.15, 0.2) is 42.2 Å². The number of aliphatic hydroxyl groups is 4. The zero-order chi connectivity index (χ0) is 98.7. The van der Waals surface area contributed by atoms with Crippen molar-refractivity contribution in [1.29, 1.82) is 10.8 Å². The molecule has 18 N–H and O–H groups in total. The lowest BCUT2D eigenvalue weighted by molar-refractivity contribution is -0.139. The molecule has 43 nitrogen and oxygen atoms in total. The third kappa shape index (κ3) is 18.2. The average Bonchev–Trinajstić information content (AvgIpc) is 1.58. The van der Waals surface area contributed by atoms with Gasteiger partial charge in [0.1, 0.15) is 60.9 Å². The summed E-state index contributed by atoms with van der Waals surface area (Å²) in [5.74, 6) is 2.36. The number of aromatic nitrogens is 6. The van der Waals surface area contributed by atoms with Crippen LogP contribution >= 0.6 is 0 Å². The predicted molar refractivity (Wildman–Crippen MR) is 507 cm³/mol. The minimum absolute atomic E-state index is 0.00157. The molecule has 134 heavy (non-hydrogen) atoms. The van der Waals surface area contributed by atoms with E-state index in [-0.39, 0.29) is 178 Å². The van der Waals surface area contributed by atoms with Gasteiger partial charge in [0, 0.05) is 128 Å². The lowest BCUT2D eigenvalue weighted by Crippen LogP contribution is -2.64. The maximum atomic E-state index is 13.2. The van der Waals surface area contributed by atoms with Crippen molar-refractivity contribution < 1.29 is 58.7 Å². The van der Waals surface area contributed by atoms with Gasteiger partial charge in [-0.3, -0.25) is 89.3 Å². The number of anilines is 3. The Balaban J connectivity index is 0.000000130. The molecule has 0 aromatic carbocycles. The van der Waals surface area contributed by atoms with Gasteiger partial charge in [0.05, 0.1) is 60.1 Å². The number of rotatable bonds is 12. The van der Waals surface area contributed by atoms with Crippen molar-refractivity contribution in [2.45, 2.75) is 317 Å². The molecular formula is C91H141N31O12. The van der Waals surface area contributed by atoms with Crippen molar-refractivity contribution in [1.82, 2.24) is 90.0 Å². The fourth-order valence-corrected chi connectivity index (χ4v) is 21.1. The van der Waals surface area contributed by atoms with Crippen molar-refractivity contribution >= 4 is 102 Å². The van der Waals surface area contributed by atoms with Crippen LogP contribution in [0.15, 0.2) is 66.5 Å². The highest BCUT2D eigenvalue weighted by Crippen LogP contribution is 2.55. The molecule has 4 aliphatic carbocycles. The van der Waals surface area contributed by atoms with E-state index >= 15 is 0 Å². The van der Waals surface area contributed by atoms with Crippen molar-refractivity contribution in [3.8, 4) is 0 Å². The number of carbonyl (C=O) groups excluding carboxylic acids is 7. The number of guanidine groups is 3. The van der Waals surface area contributed by atoms with Gasteiger partial charge in [-0.25, -0.2) is 24.9 Å². The molecule has 43 heteroatoms. The van der Waals surface area contributed by atoms with E-state index in [0.717, 1.165) is 41.1 Å². The van der Waals surface area contributed by atoms with Gasteiger partial charge in [-0.15, -0.1) is 0 Å². The maximum Gasteiger partial charge on any atom is 0.294 e. The molecule has 4 saturated carbocycles. The van der Waals surface area contributed by atoms with Crippen LogP contribution < -0.4 is 63.8 Å². The van der Waals surface area contributed by atoms with Crippen molar-refractivity contribution in [2.24, 2.45) is 89.5 Å². The van der Waals surface area contributed by atoms with Crippen LogP contribution in [0.1, 0.15) is 194 Å². The molecule has 5 fully saturated rings. The summed E-state index contributed by atoms with van der Waals surface area (Å²) in [6.07, 6.45) is 9.89. The van der Waals surface area contributed by atoms with Gasteiger partial charge in [-0.2, -0.15) is 0 Å². The number of hydrogen-bond acceptors (Lipinski definition) is 36. The van der Waals surface area contributed by atoms with E-state index in [1.807, 2.05) is 94.7 Å². The second-order valence-electron chi connectivity index (χ2n) is 44.0. The van der Waals surface area contributed by atoms with E-state index in [9.17, 15) is 54.0 Å². The Bertz CT molecular complexity index is 5290. The first-order valence-corrected chi connectivity index (χ1v) is 46.2. The lowest BCUT2D eigenvalue weighted by Gasteiger charge is -2.44. The van der Waals surface area contributed by atoms with Crippen LogP contribution in [0.4, 0.5) is 17.8 Å². The fraction of sp³-hybridized carbons (Fsp3) is 0.681. The molecule has 0 bridgehead atoms. The SMILES string of the molecule is CC(=N)C1=CN(C(C)(C)C)C2NC(=N)NC(=O)C12.CC(C)(C)N1C=C(CNC2C(O)C(O)C3CC32)C2C(=O)NC(N)=NC21.CC1C(O)C2CC2C1NCC1=CN(C(C)(C)C)C2N=C(N)NC(=O)C12.Cc1cn2c(n1)N(C)C1C(N=CN1C(C)(C)C)C2=O.Cc1nc2n(c1C)C(=O)C1N=CN(C(C)(C)C)C1N2C.Cc1nc2n(c1CC(O)C(N)OC=O)C(=O)C1N=CN(C(C)(C)C)C1N2C. The number of hydrogen-bond donors (Lipinski definition) is 15. The van der Waals surface area contributed by atoms with E-state index in [4.69, 9.17) is 28.0 Å². The number of nitrogens with one attached hydrogen (secondary N) is 8. The molecule has 3 amide bonds. The Labute approximate surface area is 783 Å². The monoisotopic (exact) mass is 1860 g/mol. The van der Waals surface area contributed by atoms with E-state index in [2.05, 4.69) is 218 Å². The molecule has 24 atom stereocenters. The number of aliphatic hydroxyl groups excluding tert-OH is 4. The standard InChI is InChI=1S/C18H29N5O2.C17H26N6O4.C17H27N5O3.C14H21N5O.C13H19N5O.C12H19N5O/c1-8-13(10-5-11(10)14(8)24)20-6-9-7-23(18(2,3)4)15-12(9)16(25)22-17(19)21-15;1-9-10(6-11(25)13(18)27-8-24)23-15(26)12-14(21(5)16(23)20-9)22(7-19-12)17(2,3)4;1-17(2,3)22-6-7(10-14(22)20-16(18)21-15(10)25)5-19-11-8-4-9(8)12(23)13(11)24;1-8-9(2)19-12(20)10-11(17(6)13(19)16-8)18(7-15-10)14(3,4)5;1-8-6-17-11(19)9-10(16(5)12(17)15-8)18(7-14-9)13(2,3)4;1-6(13)7-5-17(12(2,3)4)9-8(7)10(18)16-11(14)15-9/h7-8,10-15,20,24H,5-6H2,1-4H3,(H3,19,21,22,25);7-8,11-14,25H,6,18H2,1-5H3;6,8-14,19,23-24H,4-5H2,1-3H3,(H3,18,20,21,25);7,10-11H,1-6H3;6-7,9-10H,1-5H3;5,8-9,13H,1-4H3,(H3,14,15,16,18). The second-order valence-corrected chi connectivity index (χ2v) is 44.0. The summed E-state index contributed by atoms with van der Waals surface area (Å²) in [6.45, 7) is 50.2. The Morgan fingerprint density at radius 3 is 1.40 bits per heavy atom. The van der Waals surface area contributed by atoms with Gasteiger partial charge in [-0.05, 0) is 213 Å². The third-order valence-corrected chi connectivity index (χ3v) is 28.4. The molecule has 0 spiro atoms. The van der Waals surface area contributed by atoms with Crippen molar-refractivity contribution in [2.75, 3.05) is 48.9 Å². The zero-order valence-corrected chi connectivity index (χ0v) is 82.2. The summed E-state index contributed by atoms with van der Waals surface area (Å²) in [4.78, 5) is 140. The summed E-state index contributed by atoms with van der Waals surface area (Å²) < 4.78 is 9.39. The van der Waals surface area contributed by atoms with E-state index < -0.39 is 42.4 Å². The van der Waals surface area contributed by atoms with E-state index in [1.54, 1.807) is 48.2 Å². The number of aliphatic imine (C=N–C) groups is 5. The second kappa shape index (κ2) is 35.5. The largest absolute Gasteiger partial charge is 0.446 e. The highest BCUT2D eigenvalue weighted by Gasteiger charge is 2.62. The van der Waals surface area contributed by atoms with Crippen LogP contribution in [0.2, 0.25) is 0 Å². The van der Waals surface area contributed by atoms with Crippen LogP contribution in [-0.2, 0) is 30.3 Å². The Hall–Kier alpha value is -11.2. The number of likely N-dealkylation sites (N-methyl/N-ethyl adjacent to an activating group) is 3. The number of nitrogens with two attached hydrogens (primary N) is 3. The molecule has 3 aromatic rings. The predicted octanol–water partition coefficient (Wildman–Crippen LogP) is 1.32. The van der Waals surface area contributed by atoms with Crippen molar-refractivity contribution in [3.63, 3.8) is 0 Å². The van der Waals surface area contributed by atoms with Gasteiger partial charge < -0.3 is 102 Å². The van der Waals surface area contributed by atoms with Crippen molar-refractivity contribution in [3.05, 3.63) is 70.0 Å². The Kier molecular flexibility index (Phi) is 26.1. The highest BCUT2D eigenvalue weighted by atomic mass is 16.5. The molecule has 732 valence electrons. The number of carbonyl (C=O) groups is 7. The molecule has 12 aliphatic heterocycles. The first-order chi connectivity index (χ1) is 62.2. The number of ether oxygens (including phenoxy) is 1. The van der Waals surface area contributed by atoms with Crippen LogP contribution in [0, 0.1) is 85.9 Å². The van der Waals surface area contributed by atoms with Gasteiger partial charge in [-0.1, -0.05) is 6.92 Å². The smallest absolute Gasteiger partial charge is 0.294 e. The quantitative estimate of drug-likeness (QED) is 0.0691. The fourth-order valence-electron chi connectivity index (χ4n) is 21.1. The molecule has 16 aliphatic rings. The number of fused-ring (bicyclic) bond motifs is 11. The number of nitrogens with zero attached hydrogens (tertiary/aromatic N) is 20. The minimum Gasteiger partial charge on any atom is -0.446 e. The summed E-state index contributed by atoms with van der Waals surface area (Å²) in [6, 6.07) is -1.14. The minimum atomic E-state index is -1.18. The van der Waals surface area contributed by atoms with E-state index in [0.29, 0.717) is 77.4 Å². The molecular weight excluding hydrogens is 1720 g/mol. The number of aryl methyl sites for hydroxylation is 3. The molecule has 0 radical (unpaired) electrons. The van der Waals surface area contributed by atoms with Gasteiger partial charge in [0.25, 0.3) is 24.2 Å². The normalized spacial score (nSPS) is 31.8. The number of imidazole rings is 3. The molecule has 3 aromatic heterocycles. The Morgan fingerprint density at radius 2 is 0.970 bits per heavy atom. The average molecular weight is 1860 g/mol. The van der Waals surface area contributed by atoms with Gasteiger partial charge in [0.2, 0.25) is 35.6 Å². The molecule has 15 heterocycles. The summed E-state index contributed by atoms with van der Waals surface area (Å²) in [5, 5.41) is 73.7. The first-order valence-electron chi connectivity index (χ1n) is 46.2. The van der Waals surface area contributed by atoms with Crippen LogP contribution in [0.3, 0.4) is 0 Å². The Morgan fingerprint density at radius 1 is 0.552 bits per heavy atom.